The van der Waals surface area contributed by atoms with E-state index >= 15 is 0 Å². The first-order valence-electron chi connectivity index (χ1n) is 5.87. The van der Waals surface area contributed by atoms with E-state index in [4.69, 9.17) is 5.11 Å². The van der Waals surface area contributed by atoms with E-state index < -0.39 is 21.6 Å². The van der Waals surface area contributed by atoms with Gasteiger partial charge in [0.2, 0.25) is 0 Å². The first kappa shape index (κ1) is 14.3. The molecule has 2 aromatic rings. The Morgan fingerprint density at radius 3 is 2.55 bits per heavy atom. The van der Waals surface area contributed by atoms with Crippen molar-refractivity contribution in [3.8, 4) is 11.3 Å². The SMILES string of the molecule is Cn1cc(CS(=O)(=O)CC(=O)O)c(-c2ccccc2)n1. The largest absolute Gasteiger partial charge is 0.480 e. The number of rotatable bonds is 5. The average molecular weight is 294 g/mol. The van der Waals surface area contributed by atoms with Crippen LogP contribution in [0.1, 0.15) is 5.56 Å². The van der Waals surface area contributed by atoms with E-state index in [9.17, 15) is 13.2 Å². The van der Waals surface area contributed by atoms with E-state index in [-0.39, 0.29) is 5.75 Å². The lowest BCUT2D eigenvalue weighted by molar-refractivity contribution is -0.134. The van der Waals surface area contributed by atoms with E-state index in [2.05, 4.69) is 5.10 Å². The van der Waals surface area contributed by atoms with Gasteiger partial charge in [-0.15, -0.1) is 0 Å². The zero-order valence-corrected chi connectivity index (χ0v) is 11.7. The highest BCUT2D eigenvalue weighted by Crippen LogP contribution is 2.23. The van der Waals surface area contributed by atoms with Gasteiger partial charge >= 0.3 is 5.97 Å². The molecule has 0 atom stereocenters. The van der Waals surface area contributed by atoms with Gasteiger partial charge in [0.05, 0.1) is 11.4 Å². The third kappa shape index (κ3) is 3.45. The summed E-state index contributed by atoms with van der Waals surface area (Å²) in [6, 6.07) is 9.18. The number of hydrogen-bond donors (Lipinski definition) is 1. The molecule has 0 fully saturated rings. The van der Waals surface area contributed by atoms with Gasteiger partial charge in [0, 0.05) is 24.4 Å². The van der Waals surface area contributed by atoms with Crippen molar-refractivity contribution in [2.75, 3.05) is 5.75 Å². The zero-order chi connectivity index (χ0) is 14.8. The van der Waals surface area contributed by atoms with Crippen LogP contribution in [0.15, 0.2) is 36.5 Å². The van der Waals surface area contributed by atoms with Crippen LogP contribution >= 0.6 is 0 Å². The number of nitrogens with zero attached hydrogens (tertiary/aromatic N) is 2. The van der Waals surface area contributed by atoms with Crippen molar-refractivity contribution in [3.63, 3.8) is 0 Å². The Hall–Kier alpha value is -2.15. The van der Waals surface area contributed by atoms with E-state index in [1.165, 1.54) is 4.68 Å². The Bertz CT molecular complexity index is 720. The number of sulfone groups is 1. The van der Waals surface area contributed by atoms with Crippen molar-refractivity contribution in [2.45, 2.75) is 5.75 Å². The van der Waals surface area contributed by atoms with Gasteiger partial charge in [-0.3, -0.25) is 9.48 Å². The quantitative estimate of drug-likeness (QED) is 0.891. The highest BCUT2D eigenvalue weighted by atomic mass is 32.2. The Kier molecular flexibility index (Phi) is 3.89. The predicted molar refractivity (Wildman–Crippen MR) is 73.8 cm³/mol. The van der Waals surface area contributed by atoms with Gasteiger partial charge in [0.1, 0.15) is 5.75 Å². The second kappa shape index (κ2) is 5.46. The van der Waals surface area contributed by atoms with Crippen LogP contribution in [0.3, 0.4) is 0 Å². The molecule has 20 heavy (non-hydrogen) atoms. The summed E-state index contributed by atoms with van der Waals surface area (Å²) < 4.78 is 25.1. The lowest BCUT2D eigenvalue weighted by atomic mass is 10.1. The topological polar surface area (TPSA) is 89.3 Å². The first-order chi connectivity index (χ1) is 9.37. The second-order valence-corrected chi connectivity index (χ2v) is 6.53. The molecule has 1 N–H and O–H groups in total. The molecular weight excluding hydrogens is 280 g/mol. The second-order valence-electron chi connectivity index (χ2n) is 4.47. The molecule has 0 saturated heterocycles. The minimum atomic E-state index is -3.70. The number of carbonyl (C=O) groups is 1. The summed E-state index contributed by atoms with van der Waals surface area (Å²) >= 11 is 0. The molecule has 1 heterocycles. The molecule has 0 spiro atoms. The van der Waals surface area contributed by atoms with E-state index in [0.717, 1.165) is 5.56 Å². The number of aliphatic carboxylic acids is 1. The van der Waals surface area contributed by atoms with E-state index in [1.807, 2.05) is 30.3 Å². The van der Waals surface area contributed by atoms with Gasteiger partial charge in [0.15, 0.2) is 9.84 Å². The van der Waals surface area contributed by atoms with E-state index in [0.29, 0.717) is 11.3 Å². The van der Waals surface area contributed by atoms with Crippen molar-refractivity contribution in [1.82, 2.24) is 9.78 Å². The van der Waals surface area contributed by atoms with Gasteiger partial charge < -0.3 is 5.11 Å². The van der Waals surface area contributed by atoms with Crippen molar-refractivity contribution in [2.24, 2.45) is 7.05 Å². The highest BCUT2D eigenvalue weighted by Gasteiger charge is 2.20. The number of hydrogen-bond acceptors (Lipinski definition) is 4. The molecule has 0 radical (unpaired) electrons. The summed E-state index contributed by atoms with van der Waals surface area (Å²) in [5.41, 5.74) is 1.86. The maximum absolute atomic E-state index is 11.8. The molecule has 0 bridgehead atoms. The van der Waals surface area contributed by atoms with Gasteiger partial charge in [-0.05, 0) is 0 Å². The van der Waals surface area contributed by atoms with Crippen molar-refractivity contribution >= 4 is 15.8 Å². The van der Waals surface area contributed by atoms with Crippen molar-refractivity contribution < 1.29 is 18.3 Å². The van der Waals surface area contributed by atoms with Gasteiger partial charge in [-0.25, -0.2) is 8.42 Å². The first-order valence-corrected chi connectivity index (χ1v) is 7.70. The third-order valence-corrected chi connectivity index (χ3v) is 4.11. The summed E-state index contributed by atoms with van der Waals surface area (Å²) in [4.78, 5) is 10.6. The normalized spacial score (nSPS) is 11.4. The van der Waals surface area contributed by atoms with Crippen LogP contribution in [0, 0.1) is 0 Å². The Labute approximate surface area is 116 Å². The Balaban J connectivity index is 2.37. The molecule has 0 saturated carbocycles. The van der Waals surface area contributed by atoms with Crippen LogP contribution in [0.25, 0.3) is 11.3 Å². The predicted octanol–water partition coefficient (Wildman–Crippen LogP) is 1.09. The van der Waals surface area contributed by atoms with Crippen LogP contribution in [0.2, 0.25) is 0 Å². The standard InChI is InChI=1S/C13H14N2O4S/c1-15-7-11(8-20(18,19)9-12(16)17)13(14-15)10-5-3-2-4-6-10/h2-7H,8-9H2,1H3,(H,16,17). The monoisotopic (exact) mass is 294 g/mol. The summed E-state index contributed by atoms with van der Waals surface area (Å²) in [5, 5.41) is 12.9. The minimum Gasteiger partial charge on any atom is -0.480 e. The van der Waals surface area contributed by atoms with Crippen molar-refractivity contribution in [1.29, 1.82) is 0 Å². The molecule has 7 heteroatoms. The number of benzene rings is 1. The fraction of sp³-hybridized carbons (Fsp3) is 0.231. The van der Waals surface area contributed by atoms with Crippen LogP contribution in [-0.4, -0.2) is 35.0 Å². The van der Waals surface area contributed by atoms with Crippen molar-refractivity contribution in [3.05, 3.63) is 42.1 Å². The smallest absolute Gasteiger partial charge is 0.318 e. The van der Waals surface area contributed by atoms with Crippen LogP contribution < -0.4 is 0 Å². The molecular formula is C13H14N2O4S. The molecule has 2 rings (SSSR count). The van der Waals surface area contributed by atoms with Gasteiger partial charge in [-0.1, -0.05) is 30.3 Å². The molecule has 0 unspecified atom stereocenters. The Morgan fingerprint density at radius 2 is 1.95 bits per heavy atom. The molecule has 6 nitrogen and oxygen atoms in total. The third-order valence-electron chi connectivity index (χ3n) is 2.67. The number of aromatic nitrogens is 2. The molecule has 0 aliphatic rings. The van der Waals surface area contributed by atoms with Gasteiger partial charge in [-0.2, -0.15) is 5.10 Å². The minimum absolute atomic E-state index is 0.336. The summed E-state index contributed by atoms with van der Waals surface area (Å²) in [6.45, 7) is 0. The molecule has 0 aliphatic carbocycles. The number of carboxylic acids is 1. The lowest BCUT2D eigenvalue weighted by Crippen LogP contribution is -2.17. The average Bonchev–Trinajstić information content (AvgIpc) is 2.68. The van der Waals surface area contributed by atoms with Gasteiger partial charge in [0.25, 0.3) is 0 Å². The molecule has 0 amide bonds. The molecule has 1 aromatic heterocycles. The zero-order valence-electron chi connectivity index (χ0n) is 10.9. The number of aryl methyl sites for hydroxylation is 1. The summed E-state index contributed by atoms with van der Waals surface area (Å²) in [7, 11) is -2.01. The maximum Gasteiger partial charge on any atom is 0.318 e. The fourth-order valence-corrected chi connectivity index (χ4v) is 3.12. The lowest BCUT2D eigenvalue weighted by Gasteiger charge is -2.03. The number of carboxylic acid groups (broad SMARTS) is 1. The van der Waals surface area contributed by atoms with Crippen LogP contribution in [0.5, 0.6) is 0 Å². The van der Waals surface area contributed by atoms with E-state index in [1.54, 1.807) is 13.2 Å². The Morgan fingerprint density at radius 1 is 1.30 bits per heavy atom. The molecule has 1 aromatic carbocycles. The van der Waals surface area contributed by atoms with Crippen LogP contribution in [0.4, 0.5) is 0 Å². The highest BCUT2D eigenvalue weighted by molar-refractivity contribution is 7.91. The maximum atomic E-state index is 11.8. The molecule has 0 aliphatic heterocycles. The summed E-state index contributed by atoms with van der Waals surface area (Å²) in [5.74, 6) is -2.57. The molecule has 106 valence electrons. The fourth-order valence-electron chi connectivity index (χ4n) is 1.96. The summed E-state index contributed by atoms with van der Waals surface area (Å²) in [6.07, 6.45) is 1.60. The van der Waals surface area contributed by atoms with Crippen LogP contribution in [-0.2, 0) is 27.4 Å².